The lowest BCUT2D eigenvalue weighted by Crippen LogP contribution is -2.54. The number of carbonyl (C=O) groups is 4. The molecule has 1 unspecified atom stereocenters. The van der Waals surface area contributed by atoms with Crippen LogP contribution in [0.3, 0.4) is 0 Å². The maximum absolute atomic E-state index is 13.7. The molecule has 0 bridgehead atoms. The monoisotopic (exact) mass is 290 g/mol. The van der Waals surface area contributed by atoms with Crippen molar-refractivity contribution in [2.24, 2.45) is 0 Å². The molecule has 2 aliphatic heterocycles. The fourth-order valence-corrected chi connectivity index (χ4v) is 2.68. The number of piperidine rings is 1. The zero-order valence-corrected chi connectivity index (χ0v) is 11.1. The predicted octanol–water partition coefficient (Wildman–Crippen LogP) is 0.569. The smallest absolute Gasteiger partial charge is 0.265 e. The number of likely N-dealkylation sites (N-methyl/N-ethyl adjacent to an activating group) is 1. The molecule has 2 heterocycles. The fourth-order valence-electron chi connectivity index (χ4n) is 2.68. The van der Waals surface area contributed by atoms with Crippen molar-refractivity contribution in [1.29, 1.82) is 0 Å². The van der Waals surface area contributed by atoms with E-state index in [4.69, 9.17) is 0 Å². The molecule has 4 amide bonds. The molecule has 1 aromatic carbocycles. The third-order valence-electron chi connectivity index (χ3n) is 3.83. The third-order valence-corrected chi connectivity index (χ3v) is 3.83. The molecule has 0 saturated carbocycles. The minimum atomic E-state index is -1.06. The molecular weight excluding hydrogens is 279 g/mol. The molecular formula is C14H11FN2O4. The molecule has 21 heavy (non-hydrogen) atoms. The van der Waals surface area contributed by atoms with Crippen LogP contribution in [0, 0.1) is 5.82 Å². The van der Waals surface area contributed by atoms with Crippen molar-refractivity contribution >= 4 is 23.6 Å². The number of hydrogen-bond acceptors (Lipinski definition) is 4. The van der Waals surface area contributed by atoms with Gasteiger partial charge in [0.2, 0.25) is 5.91 Å². The molecule has 7 heteroatoms. The minimum Gasteiger partial charge on any atom is -0.284 e. The van der Waals surface area contributed by atoms with Crippen molar-refractivity contribution < 1.29 is 23.6 Å². The van der Waals surface area contributed by atoms with E-state index in [1.807, 2.05) is 0 Å². The Bertz CT molecular complexity index is 700. The van der Waals surface area contributed by atoms with Crippen molar-refractivity contribution in [3.05, 3.63) is 35.1 Å². The van der Waals surface area contributed by atoms with E-state index in [1.54, 1.807) is 0 Å². The lowest BCUT2D eigenvalue weighted by molar-refractivity contribution is -0.149. The van der Waals surface area contributed by atoms with Gasteiger partial charge in [0.15, 0.2) is 0 Å². The number of carbonyl (C=O) groups excluding carboxylic acids is 4. The van der Waals surface area contributed by atoms with E-state index >= 15 is 0 Å². The molecule has 108 valence electrons. The quantitative estimate of drug-likeness (QED) is 0.709. The van der Waals surface area contributed by atoms with Gasteiger partial charge in [0, 0.05) is 13.5 Å². The van der Waals surface area contributed by atoms with Crippen molar-refractivity contribution in [2.45, 2.75) is 18.9 Å². The lowest BCUT2D eigenvalue weighted by Gasteiger charge is -2.32. The predicted molar refractivity (Wildman–Crippen MR) is 67.7 cm³/mol. The van der Waals surface area contributed by atoms with Crippen LogP contribution < -0.4 is 0 Å². The van der Waals surface area contributed by atoms with Gasteiger partial charge in [-0.2, -0.15) is 0 Å². The molecule has 0 radical (unpaired) electrons. The number of amides is 4. The topological polar surface area (TPSA) is 74.8 Å². The molecule has 0 aliphatic carbocycles. The Hall–Kier alpha value is -2.57. The van der Waals surface area contributed by atoms with Crippen molar-refractivity contribution in [1.82, 2.24) is 9.80 Å². The van der Waals surface area contributed by atoms with Gasteiger partial charge in [-0.05, 0) is 18.6 Å². The largest absolute Gasteiger partial charge is 0.284 e. The first-order chi connectivity index (χ1) is 9.93. The second-order valence-corrected chi connectivity index (χ2v) is 4.99. The standard InChI is InChI=1S/C14H11FN2O4/c1-16-10(18)6-5-9(13(16)20)17-12(19)7-3-2-4-8(15)11(7)14(17)21/h2-4,9H,5-6H2,1H3. The van der Waals surface area contributed by atoms with E-state index in [-0.39, 0.29) is 29.9 Å². The first-order valence-electron chi connectivity index (χ1n) is 6.40. The van der Waals surface area contributed by atoms with Gasteiger partial charge in [-0.3, -0.25) is 29.0 Å². The second-order valence-electron chi connectivity index (χ2n) is 4.99. The highest BCUT2D eigenvalue weighted by atomic mass is 19.1. The molecule has 0 aromatic heterocycles. The van der Waals surface area contributed by atoms with Gasteiger partial charge in [0.05, 0.1) is 11.1 Å². The maximum atomic E-state index is 13.7. The summed E-state index contributed by atoms with van der Waals surface area (Å²) in [5, 5.41) is 0. The Labute approximate surface area is 119 Å². The molecule has 1 saturated heterocycles. The first kappa shape index (κ1) is 13.4. The summed E-state index contributed by atoms with van der Waals surface area (Å²) >= 11 is 0. The number of benzene rings is 1. The zero-order valence-electron chi connectivity index (χ0n) is 11.1. The van der Waals surface area contributed by atoms with Gasteiger partial charge in [0.1, 0.15) is 11.9 Å². The van der Waals surface area contributed by atoms with Crippen molar-refractivity contribution in [3.63, 3.8) is 0 Å². The number of likely N-dealkylation sites (tertiary alicyclic amines) is 1. The van der Waals surface area contributed by atoms with Gasteiger partial charge in [-0.25, -0.2) is 4.39 Å². The summed E-state index contributed by atoms with van der Waals surface area (Å²) in [4.78, 5) is 49.8. The maximum Gasteiger partial charge on any atom is 0.265 e. The number of hydrogen-bond donors (Lipinski definition) is 0. The highest BCUT2D eigenvalue weighted by Gasteiger charge is 2.47. The van der Waals surface area contributed by atoms with Crippen molar-refractivity contribution in [2.75, 3.05) is 7.05 Å². The van der Waals surface area contributed by atoms with Crippen LogP contribution in [0.2, 0.25) is 0 Å². The van der Waals surface area contributed by atoms with Crippen LogP contribution in [0.1, 0.15) is 33.6 Å². The Kier molecular flexibility index (Phi) is 2.86. The first-order valence-corrected chi connectivity index (χ1v) is 6.40. The SMILES string of the molecule is CN1C(=O)CCC(N2C(=O)c3cccc(F)c3C2=O)C1=O. The molecule has 0 spiro atoms. The number of fused-ring (bicyclic) bond motifs is 1. The van der Waals surface area contributed by atoms with Crippen LogP contribution >= 0.6 is 0 Å². The van der Waals surface area contributed by atoms with Gasteiger partial charge >= 0.3 is 0 Å². The number of halogens is 1. The number of imide groups is 2. The Balaban J connectivity index is 2.01. The fraction of sp³-hybridized carbons (Fsp3) is 0.286. The van der Waals surface area contributed by atoms with Crippen LogP contribution in [-0.4, -0.2) is 46.5 Å². The molecule has 6 nitrogen and oxygen atoms in total. The molecule has 0 N–H and O–H groups in total. The lowest BCUT2D eigenvalue weighted by atomic mass is 10.0. The average molecular weight is 290 g/mol. The van der Waals surface area contributed by atoms with E-state index in [2.05, 4.69) is 0 Å². The van der Waals surface area contributed by atoms with Gasteiger partial charge in [-0.1, -0.05) is 6.07 Å². The summed E-state index contributed by atoms with van der Waals surface area (Å²) < 4.78 is 13.7. The molecule has 1 fully saturated rings. The normalized spacial score (nSPS) is 22.1. The summed E-state index contributed by atoms with van der Waals surface area (Å²) in [6, 6.07) is 2.72. The summed E-state index contributed by atoms with van der Waals surface area (Å²) in [5.74, 6) is -3.30. The summed E-state index contributed by atoms with van der Waals surface area (Å²) in [5.41, 5.74) is -0.359. The summed E-state index contributed by atoms with van der Waals surface area (Å²) in [6.45, 7) is 0. The van der Waals surface area contributed by atoms with Gasteiger partial charge in [0.25, 0.3) is 17.7 Å². The summed E-state index contributed by atoms with van der Waals surface area (Å²) in [7, 11) is 1.30. The van der Waals surface area contributed by atoms with Crippen LogP contribution in [0.4, 0.5) is 4.39 Å². The Morgan fingerprint density at radius 1 is 1.14 bits per heavy atom. The molecule has 1 aromatic rings. The van der Waals surface area contributed by atoms with E-state index in [0.717, 1.165) is 15.9 Å². The Morgan fingerprint density at radius 3 is 2.52 bits per heavy atom. The van der Waals surface area contributed by atoms with Crippen LogP contribution in [0.5, 0.6) is 0 Å². The average Bonchev–Trinajstić information content (AvgIpc) is 2.71. The van der Waals surface area contributed by atoms with E-state index in [0.29, 0.717) is 0 Å². The second kappa shape index (κ2) is 4.47. The Morgan fingerprint density at radius 2 is 1.86 bits per heavy atom. The third kappa shape index (κ3) is 1.77. The highest BCUT2D eigenvalue weighted by molar-refractivity contribution is 6.23. The van der Waals surface area contributed by atoms with Crippen LogP contribution in [-0.2, 0) is 9.59 Å². The van der Waals surface area contributed by atoms with Gasteiger partial charge in [-0.15, -0.1) is 0 Å². The molecule has 1 atom stereocenters. The van der Waals surface area contributed by atoms with Crippen molar-refractivity contribution in [3.8, 4) is 0 Å². The van der Waals surface area contributed by atoms with Crippen LogP contribution in [0.15, 0.2) is 18.2 Å². The van der Waals surface area contributed by atoms with E-state index < -0.39 is 29.6 Å². The van der Waals surface area contributed by atoms with E-state index in [9.17, 15) is 23.6 Å². The molecule has 3 rings (SSSR count). The van der Waals surface area contributed by atoms with E-state index in [1.165, 1.54) is 19.2 Å². The van der Waals surface area contributed by atoms with Gasteiger partial charge < -0.3 is 0 Å². The minimum absolute atomic E-state index is 0.0487. The summed E-state index contributed by atoms with van der Waals surface area (Å²) in [6.07, 6.45) is 0.123. The zero-order chi connectivity index (χ0) is 15.3. The molecule has 2 aliphatic rings. The highest BCUT2D eigenvalue weighted by Crippen LogP contribution is 2.30. The van der Waals surface area contributed by atoms with Crippen LogP contribution in [0.25, 0.3) is 0 Å². The number of rotatable bonds is 1. The number of nitrogens with zero attached hydrogens (tertiary/aromatic N) is 2.